The second-order valence-corrected chi connectivity index (χ2v) is 5.77. The molecule has 0 bridgehead atoms. The first-order valence-electron chi connectivity index (χ1n) is 7.47. The Labute approximate surface area is 115 Å². The van der Waals surface area contributed by atoms with Gasteiger partial charge in [-0.2, -0.15) is 0 Å². The molecule has 2 heterocycles. The summed E-state index contributed by atoms with van der Waals surface area (Å²) in [4.78, 5) is 2.59. The molecule has 0 radical (unpaired) electrons. The van der Waals surface area contributed by atoms with Crippen LogP contribution >= 0.6 is 0 Å². The van der Waals surface area contributed by atoms with Crippen LogP contribution in [0.3, 0.4) is 0 Å². The molecule has 3 nitrogen and oxygen atoms in total. The van der Waals surface area contributed by atoms with Crippen molar-refractivity contribution in [3.05, 3.63) is 35.4 Å². The molecule has 0 aliphatic carbocycles. The van der Waals surface area contributed by atoms with Crippen LogP contribution in [-0.4, -0.2) is 37.2 Å². The van der Waals surface area contributed by atoms with Gasteiger partial charge in [-0.05, 0) is 36.9 Å². The minimum absolute atomic E-state index is 0.480. The summed E-state index contributed by atoms with van der Waals surface area (Å²) >= 11 is 0. The molecule has 0 aromatic heterocycles. The van der Waals surface area contributed by atoms with Crippen LogP contribution in [0.5, 0.6) is 0 Å². The Hall–Kier alpha value is -0.900. The number of nitrogens with zero attached hydrogens (tertiary/aromatic N) is 1. The van der Waals surface area contributed by atoms with E-state index < -0.39 is 0 Å². The number of aryl methyl sites for hydroxylation is 1. The highest BCUT2D eigenvalue weighted by atomic mass is 16.5. The molecule has 1 aromatic rings. The minimum atomic E-state index is 0.480. The van der Waals surface area contributed by atoms with Crippen LogP contribution < -0.4 is 5.73 Å². The Bertz CT molecular complexity index is 415. The molecule has 2 atom stereocenters. The van der Waals surface area contributed by atoms with E-state index in [-0.39, 0.29) is 0 Å². The fraction of sp³-hybridized carbons (Fsp3) is 0.625. The van der Waals surface area contributed by atoms with Gasteiger partial charge in [0.15, 0.2) is 0 Å². The predicted molar refractivity (Wildman–Crippen MR) is 76.9 cm³/mol. The zero-order chi connectivity index (χ0) is 13.1. The van der Waals surface area contributed by atoms with Crippen LogP contribution in [0.4, 0.5) is 0 Å². The Kier molecular flexibility index (Phi) is 4.16. The van der Waals surface area contributed by atoms with Crippen molar-refractivity contribution in [1.29, 1.82) is 0 Å². The van der Waals surface area contributed by atoms with E-state index in [0.717, 1.165) is 32.8 Å². The summed E-state index contributed by atoms with van der Waals surface area (Å²) < 4.78 is 5.55. The molecular formula is C16H24N2O. The summed E-state index contributed by atoms with van der Waals surface area (Å²) in [5, 5.41) is 0. The van der Waals surface area contributed by atoms with Gasteiger partial charge in [-0.25, -0.2) is 0 Å². The zero-order valence-electron chi connectivity index (χ0n) is 11.6. The number of nitrogens with two attached hydrogens (primary N) is 1. The van der Waals surface area contributed by atoms with Crippen LogP contribution in [0.1, 0.15) is 24.0 Å². The molecule has 2 N–H and O–H groups in total. The van der Waals surface area contributed by atoms with Crippen LogP contribution in [-0.2, 0) is 17.7 Å². The van der Waals surface area contributed by atoms with E-state index in [1.54, 1.807) is 0 Å². The molecule has 2 aliphatic heterocycles. The second-order valence-electron chi connectivity index (χ2n) is 5.77. The van der Waals surface area contributed by atoms with E-state index in [1.807, 2.05) is 0 Å². The molecule has 0 spiro atoms. The predicted octanol–water partition coefficient (Wildman–Crippen LogP) is 1.80. The smallest absolute Gasteiger partial charge is 0.0510 e. The number of benzene rings is 1. The van der Waals surface area contributed by atoms with Crippen LogP contribution in [0, 0.1) is 5.92 Å². The van der Waals surface area contributed by atoms with Crippen molar-refractivity contribution < 1.29 is 4.74 Å². The quantitative estimate of drug-likeness (QED) is 0.900. The van der Waals surface area contributed by atoms with Crippen LogP contribution in [0.2, 0.25) is 0 Å². The third-order valence-electron chi connectivity index (χ3n) is 4.60. The Morgan fingerprint density at radius 2 is 2.16 bits per heavy atom. The normalized spacial score (nSPS) is 25.8. The molecule has 0 saturated carbocycles. The van der Waals surface area contributed by atoms with Gasteiger partial charge in [0.25, 0.3) is 0 Å². The molecule has 19 heavy (non-hydrogen) atoms. The molecular weight excluding hydrogens is 236 g/mol. The average Bonchev–Trinajstić information content (AvgIpc) is 2.87. The van der Waals surface area contributed by atoms with Crippen LogP contribution in [0.15, 0.2) is 24.3 Å². The van der Waals surface area contributed by atoms with Gasteiger partial charge >= 0.3 is 0 Å². The lowest BCUT2D eigenvalue weighted by Crippen LogP contribution is -2.45. The number of rotatable bonds is 3. The van der Waals surface area contributed by atoms with Crippen molar-refractivity contribution in [2.45, 2.75) is 31.8 Å². The van der Waals surface area contributed by atoms with Gasteiger partial charge in [-0.15, -0.1) is 0 Å². The van der Waals surface area contributed by atoms with E-state index in [9.17, 15) is 0 Å². The number of hydrogen-bond acceptors (Lipinski definition) is 3. The third kappa shape index (κ3) is 2.83. The van der Waals surface area contributed by atoms with Gasteiger partial charge in [0.2, 0.25) is 0 Å². The van der Waals surface area contributed by atoms with Crippen molar-refractivity contribution in [2.24, 2.45) is 11.7 Å². The number of hydrogen-bond donors (Lipinski definition) is 1. The average molecular weight is 260 g/mol. The van der Waals surface area contributed by atoms with Gasteiger partial charge in [0, 0.05) is 31.7 Å². The summed E-state index contributed by atoms with van der Waals surface area (Å²) in [5.74, 6) is 0.621. The van der Waals surface area contributed by atoms with Crippen molar-refractivity contribution in [1.82, 2.24) is 4.90 Å². The molecule has 3 rings (SSSR count). The lowest BCUT2D eigenvalue weighted by molar-refractivity contribution is 0.117. The Balaban J connectivity index is 1.77. The number of ether oxygens (including phenoxy) is 1. The topological polar surface area (TPSA) is 38.5 Å². The first-order valence-corrected chi connectivity index (χ1v) is 7.47. The van der Waals surface area contributed by atoms with Gasteiger partial charge in [-0.1, -0.05) is 24.3 Å². The van der Waals surface area contributed by atoms with E-state index in [2.05, 4.69) is 29.2 Å². The first kappa shape index (κ1) is 13.1. The molecule has 1 aromatic carbocycles. The largest absolute Gasteiger partial charge is 0.381 e. The molecule has 104 valence electrons. The summed E-state index contributed by atoms with van der Waals surface area (Å²) in [7, 11) is 0. The fourth-order valence-corrected chi connectivity index (χ4v) is 3.51. The lowest BCUT2D eigenvalue weighted by atomic mass is 9.97. The molecule has 1 saturated heterocycles. The number of fused-ring (bicyclic) bond motifs is 1. The summed E-state index contributed by atoms with van der Waals surface area (Å²) in [6.07, 6.45) is 3.60. The Morgan fingerprint density at radius 1 is 1.32 bits per heavy atom. The molecule has 3 heteroatoms. The van der Waals surface area contributed by atoms with E-state index >= 15 is 0 Å². The van der Waals surface area contributed by atoms with E-state index in [4.69, 9.17) is 10.5 Å². The first-order chi connectivity index (χ1) is 9.38. The fourth-order valence-electron chi connectivity index (χ4n) is 3.51. The second kappa shape index (κ2) is 6.04. The van der Waals surface area contributed by atoms with Gasteiger partial charge in [-0.3, -0.25) is 4.90 Å². The van der Waals surface area contributed by atoms with Crippen molar-refractivity contribution in [3.63, 3.8) is 0 Å². The van der Waals surface area contributed by atoms with Crippen molar-refractivity contribution in [2.75, 3.05) is 26.3 Å². The highest BCUT2D eigenvalue weighted by Crippen LogP contribution is 2.25. The molecule has 0 amide bonds. The molecule has 2 unspecified atom stereocenters. The van der Waals surface area contributed by atoms with Crippen molar-refractivity contribution in [3.8, 4) is 0 Å². The van der Waals surface area contributed by atoms with Gasteiger partial charge < -0.3 is 10.5 Å². The standard InChI is InChI=1S/C16H24N2O/c17-10-16(15-7-9-19-12-15)18-8-3-6-13-4-1-2-5-14(13)11-18/h1-2,4-5,15-16H,3,6-12,17H2. The maximum absolute atomic E-state index is 6.06. The minimum Gasteiger partial charge on any atom is -0.381 e. The summed E-state index contributed by atoms with van der Waals surface area (Å²) in [6.45, 7) is 4.75. The SMILES string of the molecule is NCC(C1CCOC1)N1CCCc2ccccc2C1. The molecule has 1 fully saturated rings. The third-order valence-corrected chi connectivity index (χ3v) is 4.60. The maximum atomic E-state index is 6.06. The van der Waals surface area contributed by atoms with E-state index in [0.29, 0.717) is 12.0 Å². The van der Waals surface area contributed by atoms with Gasteiger partial charge in [0.05, 0.1) is 6.61 Å². The zero-order valence-corrected chi connectivity index (χ0v) is 11.6. The van der Waals surface area contributed by atoms with Crippen LogP contribution in [0.25, 0.3) is 0 Å². The summed E-state index contributed by atoms with van der Waals surface area (Å²) in [6, 6.07) is 9.33. The lowest BCUT2D eigenvalue weighted by Gasteiger charge is -2.33. The molecule has 2 aliphatic rings. The maximum Gasteiger partial charge on any atom is 0.0510 e. The highest BCUT2D eigenvalue weighted by Gasteiger charge is 2.30. The monoisotopic (exact) mass is 260 g/mol. The Morgan fingerprint density at radius 3 is 2.89 bits per heavy atom. The highest BCUT2D eigenvalue weighted by molar-refractivity contribution is 5.28. The van der Waals surface area contributed by atoms with E-state index in [1.165, 1.54) is 30.4 Å². The van der Waals surface area contributed by atoms with Gasteiger partial charge in [0.1, 0.15) is 0 Å². The summed E-state index contributed by atoms with van der Waals surface area (Å²) in [5.41, 5.74) is 9.06. The van der Waals surface area contributed by atoms with Crippen molar-refractivity contribution >= 4 is 0 Å².